The highest BCUT2D eigenvalue weighted by atomic mass is 32.2. The zero-order chi connectivity index (χ0) is 49.8. The minimum absolute atomic E-state index is 0.0548. The molecule has 0 unspecified atom stereocenters. The molecule has 0 atom stereocenters. The Kier molecular flexibility index (Phi) is 9.69. The second-order valence-electron chi connectivity index (χ2n) is 20.0. The van der Waals surface area contributed by atoms with E-state index in [2.05, 4.69) is 276 Å². The second-order valence-corrected chi connectivity index (χ2v) is 21.1. The van der Waals surface area contributed by atoms with E-state index in [0.717, 1.165) is 85.0 Å². The predicted octanol–water partition coefficient (Wildman–Crippen LogP) is 14.4. The maximum Gasteiger partial charge on any atom is 0.252 e. The zero-order valence-electron chi connectivity index (χ0n) is 41.0. The van der Waals surface area contributed by atoms with Crippen LogP contribution < -0.4 is 57.0 Å². The Morgan fingerprint density at radius 1 is 0.263 bits per heavy atom. The number of ether oxygens (including phenoxy) is 2. The Morgan fingerprint density at radius 2 is 0.697 bits per heavy atom. The molecule has 0 aromatic heterocycles. The molecule has 12 aromatic carbocycles. The first-order valence-corrected chi connectivity index (χ1v) is 26.8. The number of anilines is 9. The van der Waals surface area contributed by atoms with Crippen molar-refractivity contribution >= 4 is 131 Å². The van der Waals surface area contributed by atoms with Gasteiger partial charge in [0.2, 0.25) is 6.71 Å². The molecule has 0 amide bonds. The van der Waals surface area contributed by atoms with Crippen LogP contribution >= 0.6 is 11.8 Å². The SMILES string of the molecule is c1ccc(N2c3cc4c(cc3B3c5ccccc5Sc5cc(Oc6ccc7ccccc7c6)cc2c53)B2c3ccccc3N(c3ccccc3)c3cc(Oc5ccc6ccccc6c5)cc(c32)N4c2ccccc2)cc1. The van der Waals surface area contributed by atoms with Gasteiger partial charge in [-0.1, -0.05) is 175 Å². The van der Waals surface area contributed by atoms with Crippen LogP contribution in [-0.4, -0.2) is 13.4 Å². The molecular formula is C68H43B2N3O2S. The number of nitrogens with zero attached hydrogens (tertiary/aromatic N) is 3. The maximum atomic E-state index is 7.08. The molecule has 0 N–H and O–H groups in total. The largest absolute Gasteiger partial charge is 0.457 e. The van der Waals surface area contributed by atoms with Gasteiger partial charge in [-0.3, -0.25) is 0 Å². The number of hydrogen-bond donors (Lipinski definition) is 0. The van der Waals surface area contributed by atoms with Crippen LogP contribution in [0.3, 0.4) is 0 Å². The quantitative estimate of drug-likeness (QED) is 0.148. The third-order valence-corrected chi connectivity index (χ3v) is 16.8. The minimum atomic E-state index is -0.117. The van der Waals surface area contributed by atoms with Gasteiger partial charge >= 0.3 is 0 Å². The van der Waals surface area contributed by atoms with Crippen molar-refractivity contribution in [1.82, 2.24) is 0 Å². The lowest BCUT2D eigenvalue weighted by atomic mass is 9.30. The molecule has 76 heavy (non-hydrogen) atoms. The van der Waals surface area contributed by atoms with Crippen LogP contribution in [0.5, 0.6) is 23.0 Å². The first-order chi connectivity index (χ1) is 37.7. The van der Waals surface area contributed by atoms with Crippen molar-refractivity contribution in [2.45, 2.75) is 9.79 Å². The summed E-state index contributed by atoms with van der Waals surface area (Å²) in [4.78, 5) is 9.87. The fraction of sp³-hybridized carbons (Fsp3) is 0. The summed E-state index contributed by atoms with van der Waals surface area (Å²) >= 11 is 1.84. The summed E-state index contributed by atoms with van der Waals surface area (Å²) in [6.45, 7) is -0.172. The first kappa shape index (κ1) is 43.1. The minimum Gasteiger partial charge on any atom is -0.457 e. The van der Waals surface area contributed by atoms with Gasteiger partial charge in [0.15, 0.2) is 0 Å². The van der Waals surface area contributed by atoms with E-state index in [4.69, 9.17) is 9.47 Å². The molecule has 16 rings (SSSR count). The standard InChI is InChI=1S/C68H43B2N3O2S/c1-4-22-48(23-5-1)71-59-30-16-14-28-55(59)69-57-42-58-61(43-60(57)72(49-24-6-2-7-25-49)63-39-53(38-62(71)67(63)69)74-51-34-32-44-18-10-12-20-46(44)36-51)73(50-26-8-3-9-27-50)64-40-54(75-52-35-33-45-19-11-13-21-47(45)37-52)41-66-68(64)70(58)56-29-15-17-31-65(56)76-66/h1-43H. The van der Waals surface area contributed by atoms with Gasteiger partial charge in [0.05, 0.1) is 0 Å². The van der Waals surface area contributed by atoms with Gasteiger partial charge in [0.25, 0.3) is 6.71 Å². The van der Waals surface area contributed by atoms with Crippen LogP contribution in [0.15, 0.2) is 271 Å². The normalized spacial score (nSPS) is 13.3. The number of hydrogen-bond acceptors (Lipinski definition) is 6. The first-order valence-electron chi connectivity index (χ1n) is 26.0. The van der Waals surface area contributed by atoms with Gasteiger partial charge in [-0.2, -0.15) is 0 Å². The van der Waals surface area contributed by atoms with Gasteiger partial charge in [0.1, 0.15) is 23.0 Å². The molecule has 4 aliphatic rings. The maximum absolute atomic E-state index is 7.08. The number of para-hydroxylation sites is 4. The van der Waals surface area contributed by atoms with E-state index in [9.17, 15) is 0 Å². The zero-order valence-corrected chi connectivity index (χ0v) is 41.9. The Bertz CT molecular complexity index is 4330. The number of rotatable bonds is 7. The van der Waals surface area contributed by atoms with Crippen molar-refractivity contribution < 1.29 is 9.47 Å². The Balaban J connectivity index is 0.966. The topological polar surface area (TPSA) is 28.2 Å². The van der Waals surface area contributed by atoms with Crippen molar-refractivity contribution in [1.29, 1.82) is 0 Å². The van der Waals surface area contributed by atoms with Crippen molar-refractivity contribution in [2.24, 2.45) is 0 Å². The lowest BCUT2D eigenvalue weighted by molar-refractivity contribution is 0.482. The lowest BCUT2D eigenvalue weighted by Crippen LogP contribution is -2.64. The molecular weight excluding hydrogens is 944 g/mol. The summed E-state index contributed by atoms with van der Waals surface area (Å²) in [5.41, 5.74) is 17.5. The van der Waals surface area contributed by atoms with Gasteiger partial charge in [-0.15, -0.1) is 0 Å². The summed E-state index contributed by atoms with van der Waals surface area (Å²) in [5, 5.41) is 4.63. The molecule has 12 aromatic rings. The van der Waals surface area contributed by atoms with Crippen molar-refractivity contribution in [3.8, 4) is 23.0 Å². The van der Waals surface area contributed by atoms with Gasteiger partial charge in [0, 0.05) is 79.2 Å². The van der Waals surface area contributed by atoms with Crippen LogP contribution in [0.2, 0.25) is 0 Å². The third-order valence-electron chi connectivity index (χ3n) is 15.7. The summed E-state index contributed by atoms with van der Waals surface area (Å²) in [6.07, 6.45) is 0. The molecule has 5 nitrogen and oxygen atoms in total. The highest BCUT2D eigenvalue weighted by molar-refractivity contribution is 8.00. The predicted molar refractivity (Wildman–Crippen MR) is 318 cm³/mol. The van der Waals surface area contributed by atoms with Crippen molar-refractivity contribution in [3.63, 3.8) is 0 Å². The molecule has 0 saturated heterocycles. The van der Waals surface area contributed by atoms with E-state index in [0.29, 0.717) is 0 Å². The second kappa shape index (κ2) is 17.1. The summed E-state index contributed by atoms with van der Waals surface area (Å²) in [5.74, 6) is 3.14. The highest BCUT2D eigenvalue weighted by Gasteiger charge is 2.47. The molecule has 0 saturated carbocycles. The van der Waals surface area contributed by atoms with Crippen molar-refractivity contribution in [3.05, 3.63) is 261 Å². The molecule has 4 aliphatic heterocycles. The molecule has 0 radical (unpaired) electrons. The summed E-state index contributed by atoms with van der Waals surface area (Å²) in [6, 6.07) is 94.3. The van der Waals surface area contributed by atoms with Crippen LogP contribution in [0, 0.1) is 0 Å². The van der Waals surface area contributed by atoms with Crippen LogP contribution in [0.25, 0.3) is 21.5 Å². The lowest BCUT2D eigenvalue weighted by Gasteiger charge is -2.46. The van der Waals surface area contributed by atoms with Crippen LogP contribution in [-0.2, 0) is 0 Å². The molecule has 0 spiro atoms. The van der Waals surface area contributed by atoms with Crippen LogP contribution in [0.4, 0.5) is 51.2 Å². The van der Waals surface area contributed by atoms with E-state index in [1.54, 1.807) is 0 Å². The van der Waals surface area contributed by atoms with Gasteiger partial charge < -0.3 is 24.2 Å². The van der Waals surface area contributed by atoms with Crippen molar-refractivity contribution in [2.75, 3.05) is 14.7 Å². The van der Waals surface area contributed by atoms with E-state index in [1.807, 2.05) is 11.8 Å². The average molecular weight is 988 g/mol. The number of fused-ring (bicyclic) bond motifs is 10. The summed E-state index contributed by atoms with van der Waals surface area (Å²) < 4.78 is 14.0. The summed E-state index contributed by atoms with van der Waals surface area (Å²) in [7, 11) is 0. The van der Waals surface area contributed by atoms with E-state index < -0.39 is 0 Å². The van der Waals surface area contributed by atoms with E-state index in [1.165, 1.54) is 53.3 Å². The average Bonchev–Trinajstić information content (AvgIpc) is 3.61. The smallest absolute Gasteiger partial charge is 0.252 e. The molecule has 8 heteroatoms. The van der Waals surface area contributed by atoms with Gasteiger partial charge in [-0.25, -0.2) is 0 Å². The fourth-order valence-electron chi connectivity index (χ4n) is 12.5. The molecule has 0 aliphatic carbocycles. The molecule has 0 bridgehead atoms. The highest BCUT2D eigenvalue weighted by Crippen LogP contribution is 2.50. The van der Waals surface area contributed by atoms with Crippen LogP contribution in [0.1, 0.15) is 0 Å². The van der Waals surface area contributed by atoms with E-state index in [-0.39, 0.29) is 13.4 Å². The Morgan fingerprint density at radius 3 is 1.26 bits per heavy atom. The Hall–Kier alpha value is -9.36. The number of benzene rings is 12. The fourth-order valence-corrected chi connectivity index (χ4v) is 13.7. The van der Waals surface area contributed by atoms with E-state index >= 15 is 0 Å². The molecule has 4 heterocycles. The molecule has 0 fully saturated rings. The molecule has 354 valence electrons. The third kappa shape index (κ3) is 6.77. The Labute approximate surface area is 446 Å². The monoisotopic (exact) mass is 987 g/mol. The van der Waals surface area contributed by atoms with Gasteiger partial charge in [-0.05, 0) is 134 Å².